The molecule has 0 bridgehead atoms. The van der Waals surface area contributed by atoms with Crippen LogP contribution in [0, 0.1) is 0 Å². The molecule has 462 valence electrons. The van der Waals surface area contributed by atoms with Crippen LogP contribution in [0.3, 0.4) is 0 Å². The molecule has 0 spiro atoms. The minimum Gasteiger partial charge on any atom is -0.345 e. The molecule has 0 aromatic heterocycles. The fourth-order valence-electron chi connectivity index (χ4n) is 5.76. The van der Waals surface area contributed by atoms with Gasteiger partial charge in [0, 0.05) is 68.0 Å². The molecule has 0 aromatic rings. The Bertz CT molecular complexity index is 1620. The first-order chi connectivity index (χ1) is 35.8. The molecule has 3 saturated carbocycles. The summed E-state index contributed by atoms with van der Waals surface area (Å²) < 4.78 is 35.9. The molecule has 0 saturated heterocycles. The highest BCUT2D eigenvalue weighted by Gasteiger charge is 2.38. The van der Waals surface area contributed by atoms with E-state index in [1.165, 1.54) is 148 Å². The lowest BCUT2D eigenvalue weighted by Gasteiger charge is -2.23. The van der Waals surface area contributed by atoms with Gasteiger partial charge in [-0.2, -0.15) is 13.2 Å². The monoisotopic (exact) mass is 1250 g/mol. The van der Waals surface area contributed by atoms with Crippen molar-refractivity contribution in [3.8, 4) is 0 Å². The SMILES string of the molecule is CC(C)NC(=O)SC(C)(C)C.CC(C)NC(=O)SC(C)C.CC(C)NC(=O)SC(C)C(F)(F)F.CC(C)NC(=O)SC1CCC1.CC(C)NC(=O)SC1CCCC1.CC(C)NC(=O)SC1CCCCC1.CSC(=O)NC(C)C. The number of carbonyl (C=O) groups is 7. The van der Waals surface area contributed by atoms with Gasteiger partial charge < -0.3 is 37.2 Å². The summed E-state index contributed by atoms with van der Waals surface area (Å²) in [6, 6.07) is 1.41. The van der Waals surface area contributed by atoms with Crippen LogP contribution in [0.1, 0.15) is 216 Å². The Morgan fingerprint density at radius 2 is 0.628 bits per heavy atom. The van der Waals surface area contributed by atoms with Crippen molar-refractivity contribution in [1.82, 2.24) is 37.2 Å². The fourth-order valence-corrected chi connectivity index (χ4v) is 12.0. The number of nitrogens with one attached hydrogen (secondary N) is 7. The van der Waals surface area contributed by atoms with Crippen molar-refractivity contribution in [2.24, 2.45) is 0 Å². The Morgan fingerprint density at radius 1 is 0.372 bits per heavy atom. The van der Waals surface area contributed by atoms with Gasteiger partial charge in [-0.05, 0) is 149 Å². The maximum absolute atomic E-state index is 11.9. The quantitative estimate of drug-likeness (QED) is 0.0972. The number of halogens is 3. The highest BCUT2D eigenvalue weighted by molar-refractivity contribution is 8.15. The maximum atomic E-state index is 11.9. The van der Waals surface area contributed by atoms with Gasteiger partial charge in [0.15, 0.2) is 0 Å². The second-order valence-electron chi connectivity index (χ2n) is 22.1. The van der Waals surface area contributed by atoms with Crippen LogP contribution in [-0.4, -0.2) is 122 Å². The van der Waals surface area contributed by atoms with Gasteiger partial charge in [-0.1, -0.05) is 155 Å². The van der Waals surface area contributed by atoms with E-state index >= 15 is 0 Å². The van der Waals surface area contributed by atoms with Crippen LogP contribution in [-0.2, 0) is 0 Å². The van der Waals surface area contributed by atoms with Crippen LogP contribution < -0.4 is 37.2 Å². The van der Waals surface area contributed by atoms with Crippen LogP contribution in [0.15, 0.2) is 0 Å². The van der Waals surface area contributed by atoms with Gasteiger partial charge in [-0.15, -0.1) is 0 Å². The summed E-state index contributed by atoms with van der Waals surface area (Å²) >= 11 is 8.58. The molecular formula is C54H106F3N7O7S7. The van der Waals surface area contributed by atoms with E-state index in [-0.39, 0.29) is 90.2 Å². The van der Waals surface area contributed by atoms with Gasteiger partial charge in [0.05, 0.1) is 0 Å². The summed E-state index contributed by atoms with van der Waals surface area (Å²) in [5.41, 5.74) is 0. The largest absolute Gasteiger partial charge is 0.400 e. The Morgan fingerprint density at radius 3 is 0.859 bits per heavy atom. The molecule has 7 N–H and O–H groups in total. The maximum Gasteiger partial charge on any atom is 0.400 e. The summed E-state index contributed by atoms with van der Waals surface area (Å²) in [5.74, 6) is 0. The van der Waals surface area contributed by atoms with Gasteiger partial charge in [0.2, 0.25) is 0 Å². The summed E-state index contributed by atoms with van der Waals surface area (Å²) in [4.78, 5) is 77.1. The van der Waals surface area contributed by atoms with Crippen LogP contribution >= 0.6 is 82.3 Å². The van der Waals surface area contributed by atoms with Crippen molar-refractivity contribution in [3.63, 3.8) is 0 Å². The van der Waals surface area contributed by atoms with Crippen molar-refractivity contribution in [3.05, 3.63) is 0 Å². The van der Waals surface area contributed by atoms with Gasteiger partial charge in [0.1, 0.15) is 5.25 Å². The first-order valence-electron chi connectivity index (χ1n) is 27.5. The van der Waals surface area contributed by atoms with E-state index in [2.05, 4.69) is 37.2 Å². The molecular weight excluding hydrogens is 1140 g/mol. The molecule has 3 fully saturated rings. The predicted molar refractivity (Wildman–Crippen MR) is 342 cm³/mol. The molecule has 7 amide bonds. The minimum atomic E-state index is -4.32. The first-order valence-corrected chi connectivity index (χ1v) is 34.0. The predicted octanol–water partition coefficient (Wildman–Crippen LogP) is 17.5. The average Bonchev–Trinajstić information content (AvgIpc) is 3.73. The zero-order chi connectivity index (χ0) is 61.4. The number of thioether (sulfide) groups is 7. The molecule has 3 rings (SSSR count). The van der Waals surface area contributed by atoms with E-state index in [0.29, 0.717) is 21.0 Å². The smallest absolute Gasteiger partial charge is 0.345 e. The van der Waals surface area contributed by atoms with Crippen LogP contribution in [0.5, 0.6) is 0 Å². The average molecular weight is 1250 g/mol. The summed E-state index contributed by atoms with van der Waals surface area (Å²) in [5, 5.41) is 19.8. The van der Waals surface area contributed by atoms with Crippen molar-refractivity contribution in [1.29, 1.82) is 0 Å². The third-order valence-corrected chi connectivity index (χ3v) is 15.8. The van der Waals surface area contributed by atoms with E-state index in [1.807, 2.05) is 118 Å². The van der Waals surface area contributed by atoms with Crippen LogP contribution in [0.4, 0.5) is 46.7 Å². The first kappa shape index (κ1) is 83.0. The molecule has 3 aliphatic carbocycles. The molecule has 0 aromatic carbocycles. The molecule has 14 nitrogen and oxygen atoms in total. The lowest BCUT2D eigenvalue weighted by molar-refractivity contribution is -0.125. The molecule has 0 radical (unpaired) electrons. The van der Waals surface area contributed by atoms with Crippen LogP contribution in [0.25, 0.3) is 0 Å². The zero-order valence-electron chi connectivity index (χ0n) is 51.3. The Labute approximate surface area is 500 Å². The van der Waals surface area contributed by atoms with Gasteiger partial charge in [-0.3, -0.25) is 33.6 Å². The second kappa shape index (κ2) is 48.0. The summed E-state index contributed by atoms with van der Waals surface area (Å²) in [6.45, 7) is 38.1. The van der Waals surface area contributed by atoms with Crippen molar-refractivity contribution in [2.75, 3.05) is 6.26 Å². The third-order valence-electron chi connectivity index (χ3n) is 9.25. The topological polar surface area (TPSA) is 204 Å². The Balaban J connectivity index is -0.000000412. The summed E-state index contributed by atoms with van der Waals surface area (Å²) in [7, 11) is 0. The van der Waals surface area contributed by atoms with E-state index in [1.54, 1.807) is 20.1 Å². The standard InChI is InChI=1S/C10H19NOS.C9H17NOS.C8H15NOS.C8H17NOS.C7H12F3NOS.C7H15NOS.C5H11NOS/c1-8(2)11-10(12)13-9-6-4-3-5-7-9;1-7(2)10-9(11)12-8-5-3-4-6-8;1-6(2)9-8(10)11-7-4-3-5-7;1-6(2)9-7(10)11-8(3,4)5;1-4(2)11-6(12)13-5(3)7(8,9)10;1-5(2)8-7(9)10-6(3)4;1-4(2)6-5(7)8-3/h8-9H,3-7H2,1-2H3,(H,11,12);7-8H,3-6H2,1-2H3,(H,10,11);6-7H,3-5H2,1-2H3,(H,9,10);6H,1-5H3,(H,9,10);4-5H,1-3H3,(H,11,12);5-6H,1-4H3,(H,8,9);4H,1-3H3,(H,6,7). The molecule has 78 heavy (non-hydrogen) atoms. The van der Waals surface area contributed by atoms with E-state index in [4.69, 9.17) is 0 Å². The van der Waals surface area contributed by atoms with Crippen molar-refractivity contribution in [2.45, 2.75) is 295 Å². The van der Waals surface area contributed by atoms with Gasteiger partial charge >= 0.3 is 6.18 Å². The minimum absolute atomic E-state index is 0.0129. The summed E-state index contributed by atoms with van der Waals surface area (Å²) in [6.07, 6.45) is 12.6. The zero-order valence-corrected chi connectivity index (χ0v) is 57.0. The third kappa shape index (κ3) is 62.1. The second-order valence-corrected chi connectivity index (χ2v) is 31.3. The number of alkyl halides is 3. The molecule has 0 aliphatic heterocycles. The van der Waals surface area contributed by atoms with E-state index in [0.717, 1.165) is 6.92 Å². The number of rotatable bonds is 12. The molecule has 3 aliphatic rings. The number of amides is 7. The Kier molecular flexibility index (Phi) is 51.0. The van der Waals surface area contributed by atoms with Gasteiger partial charge in [0.25, 0.3) is 36.7 Å². The number of hydrogen-bond acceptors (Lipinski definition) is 14. The fraction of sp³-hybridized carbons (Fsp3) is 0.870. The lowest BCUT2D eigenvalue weighted by Crippen LogP contribution is -2.31. The molecule has 1 atom stereocenters. The van der Waals surface area contributed by atoms with Crippen molar-refractivity contribution >= 4 is 119 Å². The van der Waals surface area contributed by atoms with Gasteiger partial charge in [-0.25, -0.2) is 0 Å². The number of hydrogen-bond donors (Lipinski definition) is 7. The molecule has 0 heterocycles. The molecule has 1 unspecified atom stereocenters. The van der Waals surface area contributed by atoms with Crippen molar-refractivity contribution < 1.29 is 46.7 Å². The highest BCUT2D eigenvalue weighted by Crippen LogP contribution is 2.33. The van der Waals surface area contributed by atoms with E-state index in [9.17, 15) is 46.7 Å². The number of carbonyl (C=O) groups excluding carboxylic acids is 7. The highest BCUT2D eigenvalue weighted by atomic mass is 32.2. The van der Waals surface area contributed by atoms with Crippen LogP contribution in [0.2, 0.25) is 0 Å². The lowest BCUT2D eigenvalue weighted by atomic mass is 10.0. The Hall–Kier alpha value is -1.47. The molecule has 24 heteroatoms. The normalized spacial score (nSPS) is 15.0. The van der Waals surface area contributed by atoms with E-state index < -0.39 is 16.7 Å².